The number of carbonyl (C=O) groups is 2. The van der Waals surface area contributed by atoms with Gasteiger partial charge in [-0.25, -0.2) is 9.59 Å². The molecular formula is C27H24ClN3O4. The molecule has 1 aromatic heterocycles. The quantitative estimate of drug-likeness (QED) is 0.357. The van der Waals surface area contributed by atoms with E-state index in [1.54, 1.807) is 61.0 Å². The van der Waals surface area contributed by atoms with E-state index in [0.717, 1.165) is 11.1 Å². The van der Waals surface area contributed by atoms with Crippen molar-refractivity contribution in [1.82, 2.24) is 9.88 Å². The summed E-state index contributed by atoms with van der Waals surface area (Å²) < 4.78 is 6.55. The fourth-order valence-corrected chi connectivity index (χ4v) is 4.12. The molecule has 0 bridgehead atoms. The lowest BCUT2D eigenvalue weighted by Gasteiger charge is -2.18. The van der Waals surface area contributed by atoms with E-state index in [1.807, 2.05) is 30.3 Å². The minimum Gasteiger partial charge on any atom is -0.462 e. The Morgan fingerprint density at radius 3 is 2.49 bits per heavy atom. The Kier molecular flexibility index (Phi) is 7.17. The van der Waals surface area contributed by atoms with Crippen molar-refractivity contribution < 1.29 is 14.3 Å². The number of hydrogen-bond donors (Lipinski definition) is 2. The normalized spacial score (nSPS) is 10.7. The molecule has 8 heteroatoms. The summed E-state index contributed by atoms with van der Waals surface area (Å²) in [5.41, 5.74) is 2.94. The average molecular weight is 490 g/mol. The van der Waals surface area contributed by atoms with Gasteiger partial charge in [-0.15, -0.1) is 0 Å². The molecule has 0 fully saturated rings. The molecule has 0 saturated heterocycles. The van der Waals surface area contributed by atoms with Crippen LogP contribution in [0.15, 0.2) is 77.6 Å². The van der Waals surface area contributed by atoms with Gasteiger partial charge in [0.25, 0.3) is 5.56 Å². The number of pyridine rings is 1. The van der Waals surface area contributed by atoms with E-state index in [2.05, 4.69) is 10.6 Å². The van der Waals surface area contributed by atoms with Crippen molar-refractivity contribution in [2.45, 2.75) is 13.5 Å². The largest absolute Gasteiger partial charge is 0.462 e. The minimum atomic E-state index is -0.483. The topological polar surface area (TPSA) is 89.4 Å². The molecule has 0 unspecified atom stereocenters. The third kappa shape index (κ3) is 5.20. The molecular weight excluding hydrogens is 466 g/mol. The van der Waals surface area contributed by atoms with Crippen molar-refractivity contribution in [3.8, 4) is 11.1 Å². The number of esters is 1. The molecule has 0 radical (unpaired) electrons. The number of halogens is 1. The van der Waals surface area contributed by atoms with E-state index >= 15 is 0 Å². The van der Waals surface area contributed by atoms with Gasteiger partial charge in [-0.1, -0.05) is 48.0 Å². The molecule has 4 aromatic rings. The van der Waals surface area contributed by atoms with Crippen LogP contribution in [0.25, 0.3) is 21.9 Å². The Balaban J connectivity index is 1.65. The molecule has 0 spiro atoms. The van der Waals surface area contributed by atoms with Gasteiger partial charge in [-0.2, -0.15) is 0 Å². The SMILES string of the molecule is CCOC(=O)c1cccc(NC(=O)NCc2c(-c3ccccc3)c3cc(Cl)ccc3c(=O)n2C)c1. The minimum absolute atomic E-state index is 0.0851. The number of amides is 2. The summed E-state index contributed by atoms with van der Waals surface area (Å²) in [5.74, 6) is -0.464. The molecule has 3 aromatic carbocycles. The average Bonchev–Trinajstić information content (AvgIpc) is 2.86. The fraction of sp³-hybridized carbons (Fsp3) is 0.148. The summed E-state index contributed by atoms with van der Waals surface area (Å²) in [6.45, 7) is 2.07. The summed E-state index contributed by atoms with van der Waals surface area (Å²) in [6.07, 6.45) is 0. The van der Waals surface area contributed by atoms with Gasteiger partial charge in [0.05, 0.1) is 18.7 Å². The number of ether oxygens (including phenoxy) is 1. The zero-order valence-corrected chi connectivity index (χ0v) is 20.1. The van der Waals surface area contributed by atoms with Crippen molar-refractivity contribution in [3.63, 3.8) is 0 Å². The second-order valence-corrected chi connectivity index (χ2v) is 8.29. The number of anilines is 1. The number of fused-ring (bicyclic) bond motifs is 1. The molecule has 0 aliphatic carbocycles. The molecule has 178 valence electrons. The van der Waals surface area contributed by atoms with Gasteiger partial charge in [-0.05, 0) is 54.3 Å². The number of hydrogen-bond acceptors (Lipinski definition) is 4. The van der Waals surface area contributed by atoms with E-state index in [0.29, 0.717) is 32.7 Å². The number of urea groups is 1. The zero-order chi connectivity index (χ0) is 24.9. The van der Waals surface area contributed by atoms with Gasteiger partial charge in [0.15, 0.2) is 0 Å². The number of carbonyl (C=O) groups excluding carboxylic acids is 2. The van der Waals surface area contributed by atoms with Crippen molar-refractivity contribution >= 4 is 40.1 Å². The Morgan fingerprint density at radius 1 is 0.971 bits per heavy atom. The van der Waals surface area contributed by atoms with Crippen LogP contribution in [0.5, 0.6) is 0 Å². The lowest BCUT2D eigenvalue weighted by atomic mass is 9.96. The van der Waals surface area contributed by atoms with Crippen molar-refractivity contribution in [1.29, 1.82) is 0 Å². The molecule has 1 heterocycles. The van der Waals surface area contributed by atoms with Gasteiger partial charge in [0.2, 0.25) is 0 Å². The number of aromatic nitrogens is 1. The summed E-state index contributed by atoms with van der Waals surface area (Å²) in [5, 5.41) is 7.31. The van der Waals surface area contributed by atoms with Crippen molar-refractivity contribution in [2.24, 2.45) is 7.05 Å². The van der Waals surface area contributed by atoms with E-state index in [4.69, 9.17) is 16.3 Å². The summed E-state index contributed by atoms with van der Waals surface area (Å²) in [4.78, 5) is 37.8. The summed E-state index contributed by atoms with van der Waals surface area (Å²) >= 11 is 6.27. The van der Waals surface area contributed by atoms with Gasteiger partial charge < -0.3 is 19.9 Å². The number of benzene rings is 3. The molecule has 2 N–H and O–H groups in total. The molecule has 2 amide bonds. The van der Waals surface area contributed by atoms with Crippen LogP contribution in [-0.4, -0.2) is 23.2 Å². The van der Waals surface area contributed by atoms with Crippen LogP contribution in [0, 0.1) is 0 Å². The predicted molar refractivity (Wildman–Crippen MR) is 138 cm³/mol. The highest BCUT2D eigenvalue weighted by Gasteiger charge is 2.17. The first-order chi connectivity index (χ1) is 16.9. The number of nitrogens with zero attached hydrogens (tertiary/aromatic N) is 1. The van der Waals surface area contributed by atoms with E-state index in [-0.39, 0.29) is 18.7 Å². The summed E-state index contributed by atoms with van der Waals surface area (Å²) in [7, 11) is 1.68. The maximum absolute atomic E-state index is 13.1. The van der Waals surface area contributed by atoms with Gasteiger partial charge in [-0.3, -0.25) is 4.79 Å². The Bertz CT molecular complexity index is 1470. The van der Waals surface area contributed by atoms with Gasteiger partial charge in [0.1, 0.15) is 0 Å². The van der Waals surface area contributed by atoms with Crippen LogP contribution in [-0.2, 0) is 18.3 Å². The third-order valence-corrected chi connectivity index (χ3v) is 5.82. The van der Waals surface area contributed by atoms with E-state index < -0.39 is 12.0 Å². The van der Waals surface area contributed by atoms with E-state index in [9.17, 15) is 14.4 Å². The molecule has 7 nitrogen and oxygen atoms in total. The number of nitrogens with one attached hydrogen (secondary N) is 2. The Hall–Kier alpha value is -4.10. The van der Waals surface area contributed by atoms with Crippen LogP contribution in [0.2, 0.25) is 5.02 Å². The van der Waals surface area contributed by atoms with Gasteiger partial charge >= 0.3 is 12.0 Å². The van der Waals surface area contributed by atoms with Crippen molar-refractivity contribution in [3.05, 3.63) is 99.4 Å². The first-order valence-corrected chi connectivity index (χ1v) is 11.5. The van der Waals surface area contributed by atoms with Gasteiger partial charge in [0, 0.05) is 34.4 Å². The van der Waals surface area contributed by atoms with Crippen LogP contribution >= 0.6 is 11.6 Å². The summed E-state index contributed by atoms with van der Waals surface area (Å²) in [6, 6.07) is 20.8. The smallest absolute Gasteiger partial charge is 0.338 e. The Labute approximate surface area is 207 Å². The zero-order valence-electron chi connectivity index (χ0n) is 19.3. The van der Waals surface area contributed by atoms with Crippen molar-refractivity contribution in [2.75, 3.05) is 11.9 Å². The van der Waals surface area contributed by atoms with Crippen LogP contribution in [0.1, 0.15) is 23.0 Å². The molecule has 0 aliphatic rings. The second-order valence-electron chi connectivity index (χ2n) is 7.85. The maximum atomic E-state index is 13.1. The maximum Gasteiger partial charge on any atom is 0.338 e. The third-order valence-electron chi connectivity index (χ3n) is 5.59. The van der Waals surface area contributed by atoms with Crippen LogP contribution in [0.3, 0.4) is 0 Å². The Morgan fingerprint density at radius 2 is 1.74 bits per heavy atom. The highest BCUT2D eigenvalue weighted by atomic mass is 35.5. The monoisotopic (exact) mass is 489 g/mol. The van der Waals surface area contributed by atoms with Crippen LogP contribution < -0.4 is 16.2 Å². The molecule has 0 aliphatic heterocycles. The lowest BCUT2D eigenvalue weighted by Crippen LogP contribution is -2.32. The van der Waals surface area contributed by atoms with E-state index in [1.165, 1.54) is 0 Å². The molecule has 0 saturated carbocycles. The standard InChI is InChI=1S/C27H24ClN3O4/c1-3-35-26(33)18-10-7-11-20(14-18)30-27(34)29-16-23-24(17-8-5-4-6-9-17)22-15-19(28)12-13-21(22)25(32)31(23)2/h4-15H,3,16H2,1-2H3,(H2,29,30,34). The highest BCUT2D eigenvalue weighted by molar-refractivity contribution is 6.31. The second kappa shape index (κ2) is 10.4. The predicted octanol–water partition coefficient (Wildman–Crippen LogP) is 5.36. The van der Waals surface area contributed by atoms with Crippen LogP contribution in [0.4, 0.5) is 10.5 Å². The highest BCUT2D eigenvalue weighted by Crippen LogP contribution is 2.32. The number of rotatable bonds is 6. The molecule has 4 rings (SSSR count). The molecule has 35 heavy (non-hydrogen) atoms. The fourth-order valence-electron chi connectivity index (χ4n) is 3.95. The first-order valence-electron chi connectivity index (χ1n) is 11.1. The first kappa shape index (κ1) is 24.0. The lowest BCUT2D eigenvalue weighted by molar-refractivity contribution is 0.0526. The molecule has 0 atom stereocenters.